The zero-order valence-corrected chi connectivity index (χ0v) is 12.4. The van der Waals surface area contributed by atoms with Crippen molar-refractivity contribution in [2.45, 2.75) is 45.1 Å². The highest BCUT2D eigenvalue weighted by atomic mass is 35.5. The lowest BCUT2D eigenvalue weighted by molar-refractivity contribution is 0.436. The van der Waals surface area contributed by atoms with Gasteiger partial charge in [0, 0.05) is 16.1 Å². The molecule has 0 aliphatic heterocycles. The van der Waals surface area contributed by atoms with Crippen LogP contribution in [0.3, 0.4) is 0 Å². The van der Waals surface area contributed by atoms with Crippen LogP contribution in [0, 0.1) is 5.92 Å². The molecule has 100 valence electrons. The molecule has 0 saturated heterocycles. The van der Waals surface area contributed by atoms with Gasteiger partial charge in [-0.15, -0.1) is 0 Å². The van der Waals surface area contributed by atoms with E-state index in [-0.39, 0.29) is 0 Å². The Morgan fingerprint density at radius 2 is 2.11 bits per heavy atom. The maximum atomic E-state index is 6.21. The zero-order valence-electron chi connectivity index (χ0n) is 10.9. The van der Waals surface area contributed by atoms with Crippen LogP contribution in [-0.2, 0) is 6.42 Å². The van der Waals surface area contributed by atoms with E-state index < -0.39 is 0 Å². The maximum Gasteiger partial charge on any atom is 0.0452 e. The molecule has 1 atom stereocenters. The summed E-state index contributed by atoms with van der Waals surface area (Å²) in [6, 6.07) is 6.48. The topological polar surface area (TPSA) is 12.0 Å². The molecule has 1 N–H and O–H groups in total. The van der Waals surface area contributed by atoms with Gasteiger partial charge in [-0.25, -0.2) is 0 Å². The van der Waals surface area contributed by atoms with Crippen LogP contribution < -0.4 is 5.32 Å². The number of nitrogens with one attached hydrogen (secondary N) is 1. The van der Waals surface area contributed by atoms with Gasteiger partial charge < -0.3 is 5.32 Å². The molecule has 1 aliphatic carbocycles. The molecule has 3 heteroatoms. The van der Waals surface area contributed by atoms with Crippen LogP contribution in [0.15, 0.2) is 18.2 Å². The first-order valence-electron chi connectivity index (χ1n) is 6.88. The predicted octanol–water partition coefficient (Wildman–Crippen LogP) is 4.70. The summed E-state index contributed by atoms with van der Waals surface area (Å²) in [5.41, 5.74) is 1.21. The van der Waals surface area contributed by atoms with E-state index in [2.05, 4.69) is 18.3 Å². The Kier molecular flexibility index (Phi) is 5.35. The minimum atomic E-state index is 0.664. The van der Waals surface area contributed by atoms with E-state index in [4.69, 9.17) is 23.2 Å². The van der Waals surface area contributed by atoms with Crippen LogP contribution in [0.1, 0.15) is 38.2 Å². The summed E-state index contributed by atoms with van der Waals surface area (Å²) < 4.78 is 0. The highest BCUT2D eigenvalue weighted by Gasteiger charge is 2.30. The minimum Gasteiger partial charge on any atom is -0.314 e. The molecular formula is C15H21Cl2N. The third-order valence-corrected chi connectivity index (χ3v) is 4.17. The highest BCUT2D eigenvalue weighted by Crippen LogP contribution is 2.35. The molecule has 0 radical (unpaired) electrons. The molecule has 1 unspecified atom stereocenters. The Morgan fingerprint density at radius 1 is 1.33 bits per heavy atom. The lowest BCUT2D eigenvalue weighted by Gasteiger charge is -2.18. The average molecular weight is 286 g/mol. The number of hydrogen-bond acceptors (Lipinski definition) is 1. The number of rotatable bonds is 7. The molecule has 0 bridgehead atoms. The van der Waals surface area contributed by atoms with E-state index in [1.165, 1.54) is 31.2 Å². The molecule has 0 amide bonds. The van der Waals surface area contributed by atoms with Gasteiger partial charge in [0.05, 0.1) is 0 Å². The van der Waals surface area contributed by atoms with E-state index in [1.54, 1.807) is 0 Å². The average Bonchev–Trinajstić information content (AvgIpc) is 3.15. The number of halogens is 2. The van der Waals surface area contributed by atoms with Crippen LogP contribution in [-0.4, -0.2) is 12.6 Å². The molecule has 0 aromatic heterocycles. The van der Waals surface area contributed by atoms with Gasteiger partial charge in [-0.2, -0.15) is 0 Å². The van der Waals surface area contributed by atoms with Crippen molar-refractivity contribution >= 4 is 23.2 Å². The fourth-order valence-electron chi connectivity index (χ4n) is 2.37. The molecule has 1 nitrogen and oxygen atoms in total. The van der Waals surface area contributed by atoms with Gasteiger partial charge in [0.1, 0.15) is 0 Å². The molecular weight excluding hydrogens is 265 g/mol. The fraction of sp³-hybridized carbons (Fsp3) is 0.600. The summed E-state index contributed by atoms with van der Waals surface area (Å²) in [5, 5.41) is 5.18. The summed E-state index contributed by atoms with van der Waals surface area (Å²) in [5.74, 6) is 0.891. The van der Waals surface area contributed by atoms with Crippen molar-refractivity contribution in [3.8, 4) is 0 Å². The second kappa shape index (κ2) is 6.79. The SMILES string of the molecule is CCCNC(CCc1ccc(Cl)cc1Cl)C1CC1. The smallest absolute Gasteiger partial charge is 0.0452 e. The third-order valence-electron chi connectivity index (χ3n) is 3.59. The number of hydrogen-bond donors (Lipinski definition) is 1. The lowest BCUT2D eigenvalue weighted by atomic mass is 10.0. The first-order chi connectivity index (χ1) is 8.70. The molecule has 1 fully saturated rings. The summed E-state index contributed by atoms with van der Waals surface area (Å²) in [6.07, 6.45) is 6.18. The van der Waals surface area contributed by atoms with E-state index >= 15 is 0 Å². The summed E-state index contributed by atoms with van der Waals surface area (Å²) in [4.78, 5) is 0. The van der Waals surface area contributed by atoms with Crippen molar-refractivity contribution in [1.82, 2.24) is 5.32 Å². The van der Waals surface area contributed by atoms with Crippen molar-refractivity contribution in [2.24, 2.45) is 5.92 Å². The lowest BCUT2D eigenvalue weighted by Crippen LogP contribution is -2.32. The third kappa shape index (κ3) is 4.15. The van der Waals surface area contributed by atoms with Crippen molar-refractivity contribution in [3.05, 3.63) is 33.8 Å². The minimum absolute atomic E-state index is 0.664. The Bertz CT molecular complexity index is 388. The molecule has 1 aliphatic rings. The molecule has 18 heavy (non-hydrogen) atoms. The van der Waals surface area contributed by atoms with Gasteiger partial charge in [0.25, 0.3) is 0 Å². The summed E-state index contributed by atoms with van der Waals surface area (Å²) in [6.45, 7) is 3.34. The van der Waals surface area contributed by atoms with Gasteiger partial charge >= 0.3 is 0 Å². The van der Waals surface area contributed by atoms with E-state index in [1.807, 2.05) is 12.1 Å². The van der Waals surface area contributed by atoms with Crippen LogP contribution in [0.2, 0.25) is 10.0 Å². The molecule has 1 aromatic rings. The molecule has 0 heterocycles. The predicted molar refractivity (Wildman–Crippen MR) is 79.6 cm³/mol. The van der Waals surface area contributed by atoms with Crippen LogP contribution in [0.4, 0.5) is 0 Å². The second-order valence-corrected chi connectivity index (χ2v) is 6.02. The highest BCUT2D eigenvalue weighted by molar-refractivity contribution is 6.35. The first kappa shape index (κ1) is 14.2. The van der Waals surface area contributed by atoms with Crippen LogP contribution in [0.25, 0.3) is 0 Å². The summed E-state index contributed by atoms with van der Waals surface area (Å²) >= 11 is 12.1. The monoisotopic (exact) mass is 285 g/mol. The van der Waals surface area contributed by atoms with Crippen molar-refractivity contribution in [3.63, 3.8) is 0 Å². The molecule has 2 rings (SSSR count). The van der Waals surface area contributed by atoms with Gasteiger partial charge in [0.15, 0.2) is 0 Å². The Hall–Kier alpha value is -0.240. The van der Waals surface area contributed by atoms with E-state index in [9.17, 15) is 0 Å². The normalized spacial score (nSPS) is 16.8. The quantitative estimate of drug-likeness (QED) is 0.765. The fourth-order valence-corrected chi connectivity index (χ4v) is 2.87. The maximum absolute atomic E-state index is 6.21. The molecule has 0 spiro atoms. The largest absolute Gasteiger partial charge is 0.314 e. The van der Waals surface area contributed by atoms with Gasteiger partial charge in [0.2, 0.25) is 0 Å². The molecule has 1 aromatic carbocycles. The van der Waals surface area contributed by atoms with E-state index in [0.717, 1.165) is 23.9 Å². The Labute approximate surface area is 120 Å². The van der Waals surface area contributed by atoms with Gasteiger partial charge in [-0.1, -0.05) is 36.2 Å². The number of benzene rings is 1. The first-order valence-corrected chi connectivity index (χ1v) is 7.63. The van der Waals surface area contributed by atoms with Crippen molar-refractivity contribution in [2.75, 3.05) is 6.54 Å². The van der Waals surface area contributed by atoms with Crippen LogP contribution >= 0.6 is 23.2 Å². The standard InChI is InChI=1S/C15H21Cl2N/c1-2-9-18-15(12-3-4-12)8-6-11-5-7-13(16)10-14(11)17/h5,7,10,12,15,18H,2-4,6,8-9H2,1H3. The second-order valence-electron chi connectivity index (χ2n) is 5.17. The summed E-state index contributed by atoms with van der Waals surface area (Å²) in [7, 11) is 0. The van der Waals surface area contributed by atoms with Gasteiger partial charge in [-0.05, 0) is 62.3 Å². The van der Waals surface area contributed by atoms with Crippen LogP contribution in [0.5, 0.6) is 0 Å². The number of aryl methyl sites for hydroxylation is 1. The van der Waals surface area contributed by atoms with Gasteiger partial charge in [-0.3, -0.25) is 0 Å². The van der Waals surface area contributed by atoms with Crippen molar-refractivity contribution in [1.29, 1.82) is 0 Å². The molecule has 1 saturated carbocycles. The zero-order chi connectivity index (χ0) is 13.0. The van der Waals surface area contributed by atoms with E-state index in [0.29, 0.717) is 11.1 Å². The van der Waals surface area contributed by atoms with Crippen molar-refractivity contribution < 1.29 is 0 Å². The Morgan fingerprint density at radius 3 is 2.72 bits per heavy atom. The Balaban J connectivity index is 1.88.